The lowest BCUT2D eigenvalue weighted by Crippen LogP contribution is -2.42. The first-order valence-electron chi connectivity index (χ1n) is 8.31. The number of rotatable bonds is 5. The molecule has 1 aromatic carbocycles. The Morgan fingerprint density at radius 3 is 2.83 bits per heavy atom. The van der Waals surface area contributed by atoms with Crippen molar-refractivity contribution >= 4 is 21.2 Å². The van der Waals surface area contributed by atoms with Gasteiger partial charge in [-0.25, -0.2) is 8.42 Å². The highest BCUT2D eigenvalue weighted by molar-refractivity contribution is 7.91. The fraction of sp³-hybridized carbons (Fsp3) is 0.471. The van der Waals surface area contributed by atoms with Crippen LogP contribution < -0.4 is 10.2 Å². The Kier molecular flexibility index (Phi) is 4.80. The molecule has 1 aliphatic heterocycles. The van der Waals surface area contributed by atoms with Gasteiger partial charge < -0.3 is 10.2 Å². The van der Waals surface area contributed by atoms with E-state index in [1.807, 2.05) is 31.6 Å². The smallest absolute Gasteiger partial charge is 0.180 e. The van der Waals surface area contributed by atoms with E-state index in [1.54, 1.807) is 23.7 Å². The van der Waals surface area contributed by atoms with Crippen LogP contribution in [0.25, 0.3) is 0 Å². The number of nitrogens with one attached hydrogen (secondary N) is 1. The van der Waals surface area contributed by atoms with E-state index >= 15 is 0 Å². The van der Waals surface area contributed by atoms with Gasteiger partial charge in [-0.05, 0) is 25.0 Å². The maximum absolute atomic E-state index is 12.3. The first-order chi connectivity index (χ1) is 11.5. The number of hydrogen-bond donors (Lipinski definition) is 1. The number of piperidine rings is 1. The minimum atomic E-state index is -3.23. The number of benzene rings is 1. The fourth-order valence-corrected chi connectivity index (χ4v) is 4.19. The van der Waals surface area contributed by atoms with E-state index < -0.39 is 9.84 Å². The topological polar surface area (TPSA) is 67.2 Å². The van der Waals surface area contributed by atoms with E-state index in [4.69, 9.17) is 0 Å². The molecule has 1 atom stereocenters. The van der Waals surface area contributed by atoms with E-state index in [1.165, 1.54) is 0 Å². The summed E-state index contributed by atoms with van der Waals surface area (Å²) in [4.78, 5) is 2.69. The number of nitrogens with zero attached hydrogens (tertiary/aromatic N) is 3. The number of hydrogen-bond acceptors (Lipinski definition) is 5. The van der Waals surface area contributed by atoms with Crippen molar-refractivity contribution < 1.29 is 8.42 Å². The van der Waals surface area contributed by atoms with Crippen LogP contribution in [-0.4, -0.2) is 43.1 Å². The van der Waals surface area contributed by atoms with Crippen LogP contribution in [0.2, 0.25) is 0 Å². The molecule has 1 saturated heterocycles. The largest absolute Gasteiger partial charge is 0.379 e. The first kappa shape index (κ1) is 16.8. The molecule has 0 bridgehead atoms. The zero-order valence-electron chi connectivity index (χ0n) is 14.1. The number of sulfone groups is 1. The second kappa shape index (κ2) is 6.84. The van der Waals surface area contributed by atoms with Crippen molar-refractivity contribution in [3.63, 3.8) is 0 Å². The van der Waals surface area contributed by atoms with Gasteiger partial charge in [-0.15, -0.1) is 0 Å². The highest BCUT2D eigenvalue weighted by atomic mass is 32.2. The van der Waals surface area contributed by atoms with Crippen molar-refractivity contribution in [3.8, 4) is 0 Å². The van der Waals surface area contributed by atoms with Gasteiger partial charge >= 0.3 is 0 Å². The molecule has 24 heavy (non-hydrogen) atoms. The Labute approximate surface area is 143 Å². The van der Waals surface area contributed by atoms with Gasteiger partial charge in [0.05, 0.1) is 28.2 Å². The molecule has 2 heterocycles. The lowest BCUT2D eigenvalue weighted by atomic mass is 10.0. The molecule has 130 valence electrons. The summed E-state index contributed by atoms with van der Waals surface area (Å²) in [5.41, 5.74) is 1.82. The number of aryl methyl sites for hydroxylation is 1. The summed E-state index contributed by atoms with van der Waals surface area (Å²) in [6.07, 6.45) is 5.97. The second-order valence-corrected chi connectivity index (χ2v) is 8.45. The molecular weight excluding hydrogens is 324 g/mol. The molecule has 7 heteroatoms. The van der Waals surface area contributed by atoms with Gasteiger partial charge in [-0.1, -0.05) is 19.1 Å². The summed E-state index contributed by atoms with van der Waals surface area (Å²) in [6.45, 7) is 3.52. The van der Waals surface area contributed by atoms with Crippen LogP contribution in [0.15, 0.2) is 41.6 Å². The molecule has 0 saturated carbocycles. The predicted octanol–water partition coefficient (Wildman–Crippen LogP) is 2.29. The molecule has 1 N–H and O–H groups in total. The Hall–Kier alpha value is -2.02. The summed E-state index contributed by atoms with van der Waals surface area (Å²) in [5.74, 6) is 0.109. The Morgan fingerprint density at radius 2 is 2.12 bits per heavy atom. The average Bonchev–Trinajstić information content (AvgIpc) is 3.02. The van der Waals surface area contributed by atoms with Crippen molar-refractivity contribution in [2.24, 2.45) is 7.05 Å². The third-order valence-corrected chi connectivity index (χ3v) is 6.23. The summed E-state index contributed by atoms with van der Waals surface area (Å²) in [5, 5.41) is 7.68. The van der Waals surface area contributed by atoms with Crippen molar-refractivity contribution in [2.75, 3.05) is 29.1 Å². The van der Waals surface area contributed by atoms with Crippen molar-refractivity contribution in [2.45, 2.75) is 30.7 Å². The standard InChI is InChI=1S/C17H24N4O2S/c1-3-24(22,23)17-9-5-4-8-16(17)19-14-7-6-10-21(12-14)15-11-18-20(2)13-15/h4-5,8-9,11,13-14,19H,3,6-7,10,12H2,1-2H3. The minimum absolute atomic E-state index is 0.109. The molecule has 1 unspecified atom stereocenters. The summed E-state index contributed by atoms with van der Waals surface area (Å²) < 4.78 is 26.4. The van der Waals surface area contributed by atoms with E-state index in [0.29, 0.717) is 10.6 Å². The molecule has 0 aliphatic carbocycles. The molecule has 2 aromatic rings. The first-order valence-corrected chi connectivity index (χ1v) is 9.97. The van der Waals surface area contributed by atoms with Crippen molar-refractivity contribution in [3.05, 3.63) is 36.7 Å². The summed E-state index contributed by atoms with van der Waals surface area (Å²) in [7, 11) is -1.32. The third-order valence-electron chi connectivity index (χ3n) is 4.44. The Bertz CT molecular complexity index is 800. The molecule has 1 aromatic heterocycles. The average molecular weight is 348 g/mol. The highest BCUT2D eigenvalue weighted by Gasteiger charge is 2.23. The van der Waals surface area contributed by atoms with E-state index in [2.05, 4.69) is 15.3 Å². The number of anilines is 2. The van der Waals surface area contributed by atoms with Crippen LogP contribution in [0.3, 0.4) is 0 Å². The van der Waals surface area contributed by atoms with Gasteiger partial charge in [0.2, 0.25) is 0 Å². The van der Waals surface area contributed by atoms with Crippen LogP contribution in [-0.2, 0) is 16.9 Å². The minimum Gasteiger partial charge on any atom is -0.379 e. The molecule has 6 nitrogen and oxygen atoms in total. The Balaban J connectivity index is 1.77. The SMILES string of the molecule is CCS(=O)(=O)c1ccccc1NC1CCCN(c2cnn(C)c2)C1. The highest BCUT2D eigenvalue weighted by Crippen LogP contribution is 2.26. The van der Waals surface area contributed by atoms with Crippen molar-refractivity contribution in [1.82, 2.24) is 9.78 Å². The van der Waals surface area contributed by atoms with Gasteiger partial charge in [-0.2, -0.15) is 5.10 Å². The van der Waals surface area contributed by atoms with Gasteiger partial charge in [0.25, 0.3) is 0 Å². The molecule has 0 amide bonds. The zero-order chi connectivity index (χ0) is 17.2. The quantitative estimate of drug-likeness (QED) is 0.898. The lowest BCUT2D eigenvalue weighted by molar-refractivity contribution is 0.529. The number of para-hydroxylation sites is 1. The van der Waals surface area contributed by atoms with Gasteiger partial charge in [0.15, 0.2) is 9.84 Å². The third kappa shape index (κ3) is 3.56. The summed E-state index contributed by atoms with van der Waals surface area (Å²) in [6, 6.07) is 7.40. The predicted molar refractivity (Wildman–Crippen MR) is 96.2 cm³/mol. The lowest BCUT2D eigenvalue weighted by Gasteiger charge is -2.34. The Morgan fingerprint density at radius 1 is 1.33 bits per heavy atom. The van der Waals surface area contributed by atoms with Gasteiger partial charge in [0.1, 0.15) is 0 Å². The van der Waals surface area contributed by atoms with E-state index in [0.717, 1.165) is 31.6 Å². The molecule has 1 fully saturated rings. The molecule has 0 radical (unpaired) electrons. The van der Waals surface area contributed by atoms with Crippen LogP contribution in [0, 0.1) is 0 Å². The molecule has 3 rings (SSSR count). The van der Waals surface area contributed by atoms with Crippen LogP contribution in [0.4, 0.5) is 11.4 Å². The van der Waals surface area contributed by atoms with Crippen molar-refractivity contribution in [1.29, 1.82) is 0 Å². The second-order valence-electron chi connectivity index (χ2n) is 6.20. The molecule has 0 spiro atoms. The zero-order valence-corrected chi connectivity index (χ0v) is 15.0. The van der Waals surface area contributed by atoms with Gasteiger partial charge in [-0.3, -0.25) is 4.68 Å². The fourth-order valence-electron chi connectivity index (χ4n) is 3.13. The molecular formula is C17H24N4O2S. The van der Waals surface area contributed by atoms with Crippen LogP contribution in [0.5, 0.6) is 0 Å². The monoisotopic (exact) mass is 348 g/mol. The maximum Gasteiger partial charge on any atom is 0.180 e. The molecule has 1 aliphatic rings. The van der Waals surface area contributed by atoms with E-state index in [-0.39, 0.29) is 11.8 Å². The summed E-state index contributed by atoms with van der Waals surface area (Å²) >= 11 is 0. The normalized spacial score (nSPS) is 18.6. The van der Waals surface area contributed by atoms with Crippen LogP contribution >= 0.6 is 0 Å². The van der Waals surface area contributed by atoms with Crippen LogP contribution in [0.1, 0.15) is 19.8 Å². The maximum atomic E-state index is 12.3. The van der Waals surface area contributed by atoms with E-state index in [9.17, 15) is 8.42 Å². The number of aromatic nitrogens is 2. The van der Waals surface area contributed by atoms with Gasteiger partial charge in [0, 0.05) is 32.4 Å².